The predicted molar refractivity (Wildman–Crippen MR) is 171 cm³/mol. The number of aliphatic hydroxyl groups excluding tert-OH is 1. The molecular weight excluding hydrogens is 610 g/mol. The lowest BCUT2D eigenvalue weighted by molar-refractivity contribution is -0.161. The molecule has 0 aromatic heterocycles. The van der Waals surface area contributed by atoms with Gasteiger partial charge in [0.1, 0.15) is 30.0 Å². The molecule has 0 aliphatic carbocycles. The van der Waals surface area contributed by atoms with Crippen LogP contribution < -0.4 is 10.2 Å². The molecular formula is C34H47N3O10. The van der Waals surface area contributed by atoms with Crippen LogP contribution >= 0.6 is 0 Å². The summed E-state index contributed by atoms with van der Waals surface area (Å²) in [6, 6.07) is 4.50. The smallest absolute Gasteiger partial charge is 0.409 e. The van der Waals surface area contributed by atoms with Gasteiger partial charge < -0.3 is 39.0 Å². The Balaban J connectivity index is 1.77. The summed E-state index contributed by atoms with van der Waals surface area (Å²) in [6.45, 7) is 8.08. The molecule has 8 atom stereocenters. The van der Waals surface area contributed by atoms with E-state index in [0.29, 0.717) is 17.7 Å². The summed E-state index contributed by atoms with van der Waals surface area (Å²) in [4.78, 5) is 54.6. The molecule has 4 bridgehead atoms. The van der Waals surface area contributed by atoms with Gasteiger partial charge in [-0.15, -0.1) is 0 Å². The highest BCUT2D eigenvalue weighted by atomic mass is 16.7. The first-order valence-corrected chi connectivity index (χ1v) is 15.7. The number of epoxide rings is 1. The van der Waals surface area contributed by atoms with Crippen molar-refractivity contribution in [2.45, 2.75) is 102 Å². The Labute approximate surface area is 275 Å². The predicted octanol–water partition coefficient (Wildman–Crippen LogP) is 2.36. The first kappa shape index (κ1) is 36.1. The summed E-state index contributed by atoms with van der Waals surface area (Å²) < 4.78 is 23.3. The van der Waals surface area contributed by atoms with E-state index in [4.69, 9.17) is 18.9 Å². The molecule has 0 saturated carbocycles. The van der Waals surface area contributed by atoms with Crippen molar-refractivity contribution in [2.75, 3.05) is 26.1 Å². The number of nitrogens with zero attached hydrogens (tertiary/aromatic N) is 2. The maximum absolute atomic E-state index is 13.8. The van der Waals surface area contributed by atoms with Gasteiger partial charge in [-0.3, -0.25) is 14.9 Å². The fraction of sp³-hybridized carbons (Fsp3) is 0.588. The number of carbonyl (C=O) groups excluding carboxylic acids is 4. The van der Waals surface area contributed by atoms with Gasteiger partial charge in [-0.25, -0.2) is 9.59 Å². The largest absolute Gasteiger partial charge is 0.457 e. The summed E-state index contributed by atoms with van der Waals surface area (Å²) in [5.74, 6) is -1.93. The van der Waals surface area contributed by atoms with Crippen LogP contribution in [0.1, 0.15) is 58.6 Å². The summed E-state index contributed by atoms with van der Waals surface area (Å²) in [6.07, 6.45) is 1.16. The van der Waals surface area contributed by atoms with Crippen molar-refractivity contribution in [2.24, 2.45) is 5.92 Å². The molecule has 3 amide bonds. The van der Waals surface area contributed by atoms with Crippen molar-refractivity contribution >= 4 is 29.6 Å². The number of fused-ring (bicyclic) bond motifs is 5. The van der Waals surface area contributed by atoms with Crippen LogP contribution in [-0.4, -0.2) is 102 Å². The molecule has 4 rings (SSSR count). The number of likely N-dealkylation sites (N-methyl/N-ethyl adjacent to an activating group) is 1. The highest BCUT2D eigenvalue weighted by Gasteiger charge is 2.64. The molecule has 4 unspecified atom stereocenters. The number of hydrogen-bond acceptors (Lipinski definition) is 10. The van der Waals surface area contributed by atoms with Gasteiger partial charge in [-0.05, 0) is 50.5 Å². The lowest BCUT2D eigenvalue weighted by Crippen LogP contribution is -2.63. The number of ether oxygens (including phenoxy) is 4. The van der Waals surface area contributed by atoms with Gasteiger partial charge in [0.15, 0.2) is 5.72 Å². The zero-order chi connectivity index (χ0) is 34.8. The lowest BCUT2D eigenvalue weighted by Gasteiger charge is -2.42. The van der Waals surface area contributed by atoms with E-state index in [1.807, 2.05) is 25.1 Å². The minimum absolute atomic E-state index is 0.0380. The van der Waals surface area contributed by atoms with Crippen molar-refractivity contribution in [1.29, 1.82) is 0 Å². The van der Waals surface area contributed by atoms with Crippen LogP contribution in [0, 0.1) is 5.92 Å². The van der Waals surface area contributed by atoms with Gasteiger partial charge in [-0.2, -0.15) is 0 Å². The summed E-state index contributed by atoms with van der Waals surface area (Å²) in [7, 11) is 4.52. The molecule has 13 nitrogen and oxygen atoms in total. The monoisotopic (exact) mass is 657 g/mol. The fourth-order valence-electron chi connectivity index (χ4n) is 6.28. The van der Waals surface area contributed by atoms with E-state index in [1.165, 1.54) is 37.8 Å². The number of carbonyl (C=O) groups is 4. The van der Waals surface area contributed by atoms with Crippen molar-refractivity contribution in [3.05, 3.63) is 53.1 Å². The zero-order valence-corrected chi connectivity index (χ0v) is 28.3. The summed E-state index contributed by atoms with van der Waals surface area (Å²) in [5.41, 5.74) is -0.0161. The number of esters is 1. The van der Waals surface area contributed by atoms with Gasteiger partial charge in [0.25, 0.3) is 0 Å². The second-order valence-electron chi connectivity index (χ2n) is 13.1. The molecule has 1 aromatic rings. The second kappa shape index (κ2) is 14.1. The second-order valence-corrected chi connectivity index (χ2v) is 13.1. The molecule has 13 heteroatoms. The molecule has 3 heterocycles. The molecule has 2 fully saturated rings. The van der Waals surface area contributed by atoms with E-state index < -0.39 is 59.8 Å². The van der Waals surface area contributed by atoms with Crippen molar-refractivity contribution in [3.8, 4) is 0 Å². The third-order valence-electron chi connectivity index (χ3n) is 9.57. The highest BCUT2D eigenvalue weighted by molar-refractivity contribution is 5.93. The van der Waals surface area contributed by atoms with Crippen molar-refractivity contribution in [1.82, 2.24) is 10.2 Å². The van der Waals surface area contributed by atoms with E-state index in [9.17, 15) is 29.4 Å². The summed E-state index contributed by atoms with van der Waals surface area (Å²) in [5, 5.41) is 24.1. The zero-order valence-electron chi connectivity index (χ0n) is 28.3. The number of rotatable bonds is 5. The molecule has 1 aromatic carbocycles. The number of amides is 3. The normalized spacial score (nSPS) is 33.7. The highest BCUT2D eigenvalue weighted by Crippen LogP contribution is 2.49. The number of benzene rings is 1. The average Bonchev–Trinajstić information content (AvgIpc) is 3.72. The number of aliphatic hydroxyl groups is 2. The van der Waals surface area contributed by atoms with Gasteiger partial charge in [0.2, 0.25) is 11.8 Å². The SMILES string of the molecule is CO[C@@H]1/C=C/C=C(\C)Cc2cc(CO)cc(c2)N(C)C(=O)C[C@H](OC(=O)C(C)N(C)C(C)=O)C2(C)OC2[C@H](C)C2C[C@@]1(O)NC(=O)O2. The minimum atomic E-state index is -1.81. The van der Waals surface area contributed by atoms with E-state index >= 15 is 0 Å². The number of hydrogen-bond donors (Lipinski definition) is 3. The van der Waals surface area contributed by atoms with E-state index in [2.05, 4.69) is 5.32 Å². The molecule has 0 spiro atoms. The third kappa shape index (κ3) is 7.86. The molecule has 2 saturated heterocycles. The number of allylic oxidation sites excluding steroid dienone is 3. The minimum Gasteiger partial charge on any atom is -0.457 e. The lowest BCUT2D eigenvalue weighted by atomic mass is 9.83. The summed E-state index contributed by atoms with van der Waals surface area (Å²) >= 11 is 0. The van der Waals surface area contributed by atoms with Crippen LogP contribution in [0.2, 0.25) is 0 Å². The standard InChI is InChI=1S/C34H47N3O10/c1-19-10-9-11-27(44-8)34(43)17-26(45-32(42)35-34)20(2)30-33(5,47-30)28(46-31(41)21(3)36(6)22(4)39)16-29(40)37(7)25-14-23(12-19)13-24(15-25)18-38/h9-11,13-15,20-21,26-28,30,38,43H,12,16-18H2,1-8H3,(H,35,42)/b11-9+,19-10+/t20-,21?,26?,27-,28+,30?,33?,34+/m1/s1. The van der Waals surface area contributed by atoms with Crippen LogP contribution in [0.3, 0.4) is 0 Å². The van der Waals surface area contributed by atoms with E-state index in [1.54, 1.807) is 39.1 Å². The van der Waals surface area contributed by atoms with Crippen LogP contribution in [-0.2, 0) is 46.4 Å². The van der Waals surface area contributed by atoms with Crippen LogP contribution in [0.5, 0.6) is 0 Å². The maximum Gasteiger partial charge on any atom is 0.409 e. The van der Waals surface area contributed by atoms with Crippen LogP contribution in [0.15, 0.2) is 42.0 Å². The average molecular weight is 658 g/mol. The molecule has 3 N–H and O–H groups in total. The molecule has 0 radical (unpaired) electrons. The Morgan fingerprint density at radius 1 is 1.26 bits per heavy atom. The Kier molecular flexibility index (Phi) is 10.9. The first-order valence-electron chi connectivity index (χ1n) is 15.7. The quantitative estimate of drug-likeness (QED) is 0.316. The van der Waals surface area contributed by atoms with Crippen LogP contribution in [0.25, 0.3) is 0 Å². The number of methoxy groups -OCH3 is 1. The van der Waals surface area contributed by atoms with Gasteiger partial charge in [0, 0.05) is 46.2 Å². The molecule has 258 valence electrons. The maximum atomic E-state index is 13.8. The molecule has 3 aliphatic heterocycles. The Hall–Kier alpha value is -3.78. The number of alkyl carbamates (subject to hydrolysis) is 1. The third-order valence-corrected chi connectivity index (χ3v) is 9.57. The molecule has 47 heavy (non-hydrogen) atoms. The van der Waals surface area contributed by atoms with Crippen molar-refractivity contribution < 1.29 is 48.3 Å². The van der Waals surface area contributed by atoms with Gasteiger partial charge in [0.05, 0.1) is 19.1 Å². The van der Waals surface area contributed by atoms with Crippen molar-refractivity contribution in [3.63, 3.8) is 0 Å². The van der Waals surface area contributed by atoms with Gasteiger partial charge >= 0.3 is 12.1 Å². The topological polar surface area (TPSA) is 167 Å². The molecule has 3 aliphatic rings. The first-order chi connectivity index (χ1) is 22.0. The Morgan fingerprint density at radius 3 is 2.60 bits per heavy atom. The Bertz CT molecular complexity index is 1440. The number of anilines is 1. The van der Waals surface area contributed by atoms with E-state index in [-0.39, 0.29) is 31.3 Å². The van der Waals surface area contributed by atoms with Gasteiger partial charge in [-0.1, -0.05) is 36.8 Å². The Morgan fingerprint density at radius 2 is 1.96 bits per heavy atom. The number of nitrogens with one attached hydrogen (secondary N) is 1. The fourth-order valence-corrected chi connectivity index (χ4v) is 6.28. The van der Waals surface area contributed by atoms with Crippen LogP contribution in [0.4, 0.5) is 10.5 Å². The van der Waals surface area contributed by atoms with E-state index in [0.717, 1.165) is 11.1 Å².